The van der Waals surface area contributed by atoms with Gasteiger partial charge in [-0.25, -0.2) is 4.79 Å². The molecule has 1 aromatic rings. The summed E-state index contributed by atoms with van der Waals surface area (Å²) >= 11 is 5.87. The molecule has 19 heavy (non-hydrogen) atoms. The lowest BCUT2D eigenvalue weighted by Gasteiger charge is -2.07. The van der Waals surface area contributed by atoms with Crippen molar-refractivity contribution < 1.29 is 14.3 Å². The zero-order chi connectivity index (χ0) is 13.8. The van der Waals surface area contributed by atoms with E-state index in [0.29, 0.717) is 18.2 Å². The topological polar surface area (TPSA) is 81.4 Å². The Hall–Kier alpha value is -1.75. The van der Waals surface area contributed by atoms with Crippen LogP contribution in [0.5, 0.6) is 0 Å². The number of nitrogens with one attached hydrogen (secondary N) is 1. The number of benzene rings is 1. The maximum Gasteiger partial charge on any atom is 0.340 e. The third kappa shape index (κ3) is 4.13. The smallest absolute Gasteiger partial charge is 0.340 e. The maximum atomic E-state index is 11.7. The molecule has 1 amide bonds. The predicted octanol–water partition coefficient (Wildman–Crippen LogP) is 1.61. The Bertz CT molecular complexity index is 501. The number of esters is 1. The van der Waals surface area contributed by atoms with E-state index in [2.05, 4.69) is 5.32 Å². The summed E-state index contributed by atoms with van der Waals surface area (Å²) in [6, 6.07) is 4.49. The lowest BCUT2D eigenvalue weighted by atomic mass is 10.2. The van der Waals surface area contributed by atoms with Crippen molar-refractivity contribution in [2.45, 2.75) is 12.8 Å². The fourth-order valence-corrected chi connectivity index (χ4v) is 1.80. The van der Waals surface area contributed by atoms with Gasteiger partial charge >= 0.3 is 5.97 Å². The summed E-state index contributed by atoms with van der Waals surface area (Å²) in [6.07, 6.45) is 2.31. The highest BCUT2D eigenvalue weighted by molar-refractivity contribution is 6.33. The molecule has 0 aliphatic heterocycles. The fraction of sp³-hybridized carbons (Fsp3) is 0.385. The molecule has 0 aromatic heterocycles. The number of ether oxygens (including phenoxy) is 1. The van der Waals surface area contributed by atoms with E-state index in [1.807, 2.05) is 0 Å². The van der Waals surface area contributed by atoms with E-state index in [-0.39, 0.29) is 23.1 Å². The van der Waals surface area contributed by atoms with Gasteiger partial charge in [-0.2, -0.15) is 0 Å². The quantitative estimate of drug-likeness (QED) is 0.635. The second-order valence-corrected chi connectivity index (χ2v) is 4.97. The number of nitrogens with two attached hydrogens (primary N) is 1. The molecule has 5 nitrogen and oxygen atoms in total. The van der Waals surface area contributed by atoms with Crippen molar-refractivity contribution >= 4 is 29.2 Å². The Labute approximate surface area is 116 Å². The Morgan fingerprint density at radius 3 is 2.79 bits per heavy atom. The lowest BCUT2D eigenvalue weighted by Crippen LogP contribution is -2.30. The third-order valence-electron chi connectivity index (χ3n) is 2.83. The third-order valence-corrected chi connectivity index (χ3v) is 3.14. The fourth-order valence-electron chi connectivity index (χ4n) is 1.54. The summed E-state index contributed by atoms with van der Waals surface area (Å²) in [5.41, 5.74) is 6.18. The van der Waals surface area contributed by atoms with Crippen LogP contribution in [0.3, 0.4) is 0 Å². The van der Waals surface area contributed by atoms with Crippen molar-refractivity contribution in [3.63, 3.8) is 0 Å². The molecule has 0 radical (unpaired) electrons. The van der Waals surface area contributed by atoms with Crippen LogP contribution in [0.2, 0.25) is 5.02 Å². The number of amides is 1. The van der Waals surface area contributed by atoms with E-state index in [1.165, 1.54) is 12.1 Å². The second-order valence-electron chi connectivity index (χ2n) is 4.56. The molecule has 1 aliphatic carbocycles. The van der Waals surface area contributed by atoms with Crippen LogP contribution in [-0.4, -0.2) is 25.0 Å². The second kappa shape index (κ2) is 5.93. The van der Waals surface area contributed by atoms with Gasteiger partial charge in [-0.05, 0) is 37.0 Å². The minimum Gasteiger partial charge on any atom is -0.452 e. The summed E-state index contributed by atoms with van der Waals surface area (Å²) in [7, 11) is 0. The van der Waals surface area contributed by atoms with E-state index in [0.717, 1.165) is 12.8 Å². The molecule has 0 heterocycles. The van der Waals surface area contributed by atoms with Crippen LogP contribution in [0.4, 0.5) is 5.69 Å². The molecule has 1 fully saturated rings. The number of anilines is 1. The van der Waals surface area contributed by atoms with Gasteiger partial charge in [-0.1, -0.05) is 11.6 Å². The Morgan fingerprint density at radius 1 is 1.42 bits per heavy atom. The van der Waals surface area contributed by atoms with Gasteiger partial charge in [0.2, 0.25) is 0 Å². The minimum absolute atomic E-state index is 0.200. The van der Waals surface area contributed by atoms with Crippen LogP contribution in [0.15, 0.2) is 18.2 Å². The van der Waals surface area contributed by atoms with Gasteiger partial charge in [0.05, 0.1) is 10.6 Å². The number of hydrogen-bond donors (Lipinski definition) is 2. The number of carbonyl (C=O) groups excluding carboxylic acids is 2. The number of halogens is 1. The van der Waals surface area contributed by atoms with Crippen LogP contribution < -0.4 is 11.1 Å². The molecule has 0 atom stereocenters. The van der Waals surface area contributed by atoms with Gasteiger partial charge in [0.25, 0.3) is 5.91 Å². The molecule has 1 aliphatic rings. The zero-order valence-corrected chi connectivity index (χ0v) is 11.1. The monoisotopic (exact) mass is 282 g/mol. The first kappa shape index (κ1) is 13.7. The molecule has 0 saturated heterocycles. The molecule has 0 bridgehead atoms. The van der Waals surface area contributed by atoms with Gasteiger partial charge in [0.1, 0.15) is 0 Å². The average Bonchev–Trinajstić information content (AvgIpc) is 3.17. The van der Waals surface area contributed by atoms with Crippen molar-refractivity contribution in [2.75, 3.05) is 18.9 Å². The molecule has 2 rings (SSSR count). The number of nitrogen functional groups attached to an aromatic ring is 1. The van der Waals surface area contributed by atoms with E-state index in [9.17, 15) is 9.59 Å². The van der Waals surface area contributed by atoms with Crippen molar-refractivity contribution in [3.05, 3.63) is 28.8 Å². The van der Waals surface area contributed by atoms with Crippen molar-refractivity contribution in [3.8, 4) is 0 Å². The molecular weight excluding hydrogens is 268 g/mol. The van der Waals surface area contributed by atoms with Crippen molar-refractivity contribution in [1.82, 2.24) is 5.32 Å². The molecule has 0 spiro atoms. The highest BCUT2D eigenvalue weighted by Crippen LogP contribution is 2.27. The molecule has 6 heteroatoms. The van der Waals surface area contributed by atoms with Crippen LogP contribution in [0, 0.1) is 5.92 Å². The largest absolute Gasteiger partial charge is 0.452 e. The Morgan fingerprint density at radius 2 is 2.16 bits per heavy atom. The molecule has 102 valence electrons. The van der Waals surface area contributed by atoms with Crippen molar-refractivity contribution in [1.29, 1.82) is 0 Å². The summed E-state index contributed by atoms with van der Waals surface area (Å²) in [5.74, 6) is -0.343. The van der Waals surface area contributed by atoms with Crippen LogP contribution in [0.1, 0.15) is 23.2 Å². The van der Waals surface area contributed by atoms with E-state index in [1.54, 1.807) is 6.07 Å². The van der Waals surface area contributed by atoms with E-state index in [4.69, 9.17) is 22.1 Å². The summed E-state index contributed by atoms with van der Waals surface area (Å²) in [5, 5.41) is 2.92. The first-order chi connectivity index (χ1) is 9.06. The predicted molar refractivity (Wildman–Crippen MR) is 71.9 cm³/mol. The number of hydrogen-bond acceptors (Lipinski definition) is 4. The van der Waals surface area contributed by atoms with Gasteiger partial charge in [0.15, 0.2) is 6.61 Å². The SMILES string of the molecule is Nc1ccc(C(=O)OCC(=O)NCC2CC2)c(Cl)c1. The number of rotatable bonds is 5. The van der Waals surface area contributed by atoms with Crippen LogP contribution in [0.25, 0.3) is 0 Å². The Kier molecular flexibility index (Phi) is 4.27. The first-order valence-corrected chi connectivity index (χ1v) is 6.43. The Balaban J connectivity index is 1.81. The van der Waals surface area contributed by atoms with E-state index >= 15 is 0 Å². The van der Waals surface area contributed by atoms with Crippen LogP contribution >= 0.6 is 11.6 Å². The molecular formula is C13H15ClN2O3. The summed E-state index contributed by atoms with van der Waals surface area (Å²) in [6.45, 7) is 0.352. The van der Waals surface area contributed by atoms with Gasteiger partial charge in [-0.15, -0.1) is 0 Å². The molecule has 1 aromatic carbocycles. The van der Waals surface area contributed by atoms with Crippen LogP contribution in [-0.2, 0) is 9.53 Å². The minimum atomic E-state index is -0.633. The standard InChI is InChI=1S/C13H15ClN2O3/c14-11-5-9(15)3-4-10(11)13(18)19-7-12(17)16-6-8-1-2-8/h3-5,8H,1-2,6-7,15H2,(H,16,17). The van der Waals surface area contributed by atoms with Gasteiger partial charge in [-0.3, -0.25) is 4.79 Å². The highest BCUT2D eigenvalue weighted by atomic mass is 35.5. The highest BCUT2D eigenvalue weighted by Gasteiger charge is 2.22. The molecule has 0 unspecified atom stereocenters. The maximum absolute atomic E-state index is 11.7. The van der Waals surface area contributed by atoms with Gasteiger partial charge < -0.3 is 15.8 Å². The average molecular weight is 283 g/mol. The normalized spacial score (nSPS) is 13.9. The molecule has 1 saturated carbocycles. The van der Waals surface area contributed by atoms with Crippen molar-refractivity contribution in [2.24, 2.45) is 5.92 Å². The van der Waals surface area contributed by atoms with Gasteiger partial charge in [0, 0.05) is 12.2 Å². The first-order valence-electron chi connectivity index (χ1n) is 6.05. The molecule has 3 N–H and O–H groups in total. The van der Waals surface area contributed by atoms with E-state index < -0.39 is 5.97 Å². The summed E-state index contributed by atoms with van der Waals surface area (Å²) < 4.78 is 4.89. The lowest BCUT2D eigenvalue weighted by molar-refractivity contribution is -0.124. The summed E-state index contributed by atoms with van der Waals surface area (Å²) in [4.78, 5) is 23.1. The number of carbonyl (C=O) groups is 2. The zero-order valence-electron chi connectivity index (χ0n) is 10.3.